The molecule has 1 radical (unpaired) electrons. The Kier molecular flexibility index (Phi) is 3.50. The van der Waals surface area contributed by atoms with Crippen molar-refractivity contribution in [2.45, 2.75) is 0 Å². The molecular weight excluding hydrogens is 233 g/mol. The Hall–Kier alpha value is 0.0839. The van der Waals surface area contributed by atoms with Crippen LogP contribution in [-0.2, 0) is 32.7 Å². The van der Waals surface area contributed by atoms with E-state index in [4.69, 9.17) is 4.42 Å². The number of thiophene rings is 1. The first-order valence-corrected chi connectivity index (χ1v) is 3.75. The first kappa shape index (κ1) is 9.17. The largest absolute Gasteiger partial charge is 0.603 e. The van der Waals surface area contributed by atoms with Crippen LogP contribution in [-0.4, -0.2) is 0 Å². The van der Waals surface area contributed by atoms with Crippen molar-refractivity contribution in [3.05, 3.63) is 35.9 Å². The van der Waals surface area contributed by atoms with Gasteiger partial charge in [-0.2, -0.15) is 17.0 Å². The second kappa shape index (κ2) is 4.19. The molecule has 2 rings (SSSR count). The van der Waals surface area contributed by atoms with E-state index in [1.165, 1.54) is 0 Å². The van der Waals surface area contributed by atoms with E-state index in [9.17, 15) is 0 Å². The predicted octanol–water partition coefficient (Wildman–Crippen LogP) is 2.61. The van der Waals surface area contributed by atoms with Gasteiger partial charge in [0.25, 0.3) is 0 Å². The zero-order chi connectivity index (χ0) is 6.81. The van der Waals surface area contributed by atoms with E-state index in [0.717, 1.165) is 10.6 Å². The molecule has 0 aromatic carbocycles. The van der Waals surface area contributed by atoms with Crippen LogP contribution in [0.15, 0.2) is 28.2 Å². The van der Waals surface area contributed by atoms with Crippen LogP contribution in [0.1, 0.15) is 0 Å². The molecule has 3 heteroatoms. The molecule has 0 aliphatic carbocycles. The van der Waals surface area contributed by atoms with Gasteiger partial charge in [-0.25, -0.2) is 12.1 Å². The first-order valence-electron chi connectivity index (χ1n) is 2.87. The number of rotatable bonds is 1. The van der Waals surface area contributed by atoms with Crippen LogP contribution in [0.25, 0.3) is 10.6 Å². The molecule has 0 N–H and O–H groups in total. The fraction of sp³-hybridized carbons (Fsp3) is 0. The molecule has 0 saturated carbocycles. The summed E-state index contributed by atoms with van der Waals surface area (Å²) in [6, 6.07) is 9.61. The quantitative estimate of drug-likeness (QED) is 0.695. The summed E-state index contributed by atoms with van der Waals surface area (Å²) in [6.45, 7) is 0. The monoisotopic (exact) mass is 237 g/mol. The topological polar surface area (TPSA) is 13.1 Å². The molecule has 0 aliphatic heterocycles. The SMILES string of the molecule is [Y].[c-]1ccoc1-c1[c-]ccs1. The number of furan rings is 1. The maximum atomic E-state index is 5.10. The van der Waals surface area contributed by atoms with Crippen molar-refractivity contribution in [1.82, 2.24) is 0 Å². The van der Waals surface area contributed by atoms with Gasteiger partial charge in [-0.3, -0.25) is 0 Å². The molecule has 0 amide bonds. The molecule has 11 heavy (non-hydrogen) atoms. The van der Waals surface area contributed by atoms with Crippen LogP contribution in [0.2, 0.25) is 0 Å². The van der Waals surface area contributed by atoms with Crippen molar-refractivity contribution in [2.75, 3.05) is 0 Å². The van der Waals surface area contributed by atoms with Crippen molar-refractivity contribution in [2.24, 2.45) is 0 Å². The van der Waals surface area contributed by atoms with Crippen LogP contribution >= 0.6 is 11.3 Å². The van der Waals surface area contributed by atoms with Gasteiger partial charge in [0, 0.05) is 32.7 Å². The molecule has 0 aliphatic rings. The average molecular weight is 237 g/mol. The third kappa shape index (κ3) is 2.02. The van der Waals surface area contributed by atoms with E-state index in [0.29, 0.717) is 0 Å². The van der Waals surface area contributed by atoms with Crippen LogP contribution in [0.5, 0.6) is 0 Å². The van der Waals surface area contributed by atoms with E-state index in [1.807, 2.05) is 11.4 Å². The molecule has 2 aromatic rings. The molecule has 2 heterocycles. The molecule has 0 atom stereocenters. The Bertz CT molecular complexity index is 254. The average Bonchev–Trinajstić information content (AvgIpc) is 2.59. The zero-order valence-corrected chi connectivity index (χ0v) is 9.36. The molecule has 0 spiro atoms. The Morgan fingerprint density at radius 3 is 2.73 bits per heavy atom. The van der Waals surface area contributed by atoms with Crippen LogP contribution < -0.4 is 0 Å². The second-order valence-corrected chi connectivity index (χ2v) is 2.70. The van der Waals surface area contributed by atoms with Crippen molar-refractivity contribution < 1.29 is 37.1 Å². The summed E-state index contributed by atoms with van der Waals surface area (Å²) >= 11 is 1.60. The van der Waals surface area contributed by atoms with Crippen LogP contribution in [0.4, 0.5) is 0 Å². The van der Waals surface area contributed by atoms with E-state index < -0.39 is 0 Å². The standard InChI is InChI=1S/C8H4OS.Y/c1-3-7(9-5-1)8-4-2-6-10-8;/h1-2,5-6H;/q-2;. The normalized spacial score (nSPS) is 9.09. The first-order chi connectivity index (χ1) is 4.97. The molecule has 0 saturated heterocycles. The molecule has 53 valence electrons. The zero-order valence-electron chi connectivity index (χ0n) is 5.70. The fourth-order valence-corrected chi connectivity index (χ4v) is 1.35. The Labute approximate surface area is 94.3 Å². The molecule has 1 nitrogen and oxygen atoms in total. The van der Waals surface area contributed by atoms with Gasteiger partial charge in [-0.05, 0) is 6.26 Å². The van der Waals surface area contributed by atoms with Gasteiger partial charge in [0.05, 0.1) is 0 Å². The summed E-state index contributed by atoms with van der Waals surface area (Å²) in [5.74, 6) is 0.773. The molecule has 0 bridgehead atoms. The van der Waals surface area contributed by atoms with Gasteiger partial charge in [-0.15, -0.1) is 5.38 Å². The van der Waals surface area contributed by atoms with E-state index in [2.05, 4.69) is 12.1 Å². The summed E-state index contributed by atoms with van der Waals surface area (Å²) in [4.78, 5) is 1.00. The minimum absolute atomic E-state index is 0. The minimum Gasteiger partial charge on any atom is -0.603 e. The summed E-state index contributed by atoms with van der Waals surface area (Å²) in [5.41, 5.74) is 0. The van der Waals surface area contributed by atoms with Gasteiger partial charge >= 0.3 is 0 Å². The van der Waals surface area contributed by atoms with Gasteiger partial charge in [0.15, 0.2) is 0 Å². The molecular formula is C8H4OSY-2. The minimum atomic E-state index is 0. The van der Waals surface area contributed by atoms with Crippen LogP contribution in [0.3, 0.4) is 0 Å². The summed E-state index contributed by atoms with van der Waals surface area (Å²) in [5, 5.41) is 1.96. The summed E-state index contributed by atoms with van der Waals surface area (Å²) in [6.07, 6.45) is 1.61. The van der Waals surface area contributed by atoms with Crippen molar-refractivity contribution in [1.29, 1.82) is 0 Å². The Balaban J connectivity index is 0.000000605. The third-order valence-corrected chi connectivity index (χ3v) is 1.95. The summed E-state index contributed by atoms with van der Waals surface area (Å²) in [7, 11) is 0. The Morgan fingerprint density at radius 2 is 2.18 bits per heavy atom. The van der Waals surface area contributed by atoms with Crippen LogP contribution in [0, 0.1) is 12.1 Å². The number of hydrogen-bond acceptors (Lipinski definition) is 2. The van der Waals surface area contributed by atoms with Gasteiger partial charge < -0.3 is 15.8 Å². The van der Waals surface area contributed by atoms with Gasteiger partial charge in [0.2, 0.25) is 0 Å². The maximum absolute atomic E-state index is 5.10. The van der Waals surface area contributed by atoms with Gasteiger partial charge in [0.1, 0.15) is 0 Å². The Morgan fingerprint density at radius 1 is 1.27 bits per heavy atom. The second-order valence-electron chi connectivity index (χ2n) is 1.79. The van der Waals surface area contributed by atoms with E-state index >= 15 is 0 Å². The number of hydrogen-bond donors (Lipinski definition) is 0. The fourth-order valence-electron chi connectivity index (χ4n) is 0.730. The summed E-state index contributed by atoms with van der Waals surface area (Å²) < 4.78 is 5.10. The van der Waals surface area contributed by atoms with Crippen molar-refractivity contribution in [3.8, 4) is 10.6 Å². The maximum Gasteiger partial charge on any atom is 0 e. The predicted molar refractivity (Wildman–Crippen MR) is 39.7 cm³/mol. The van der Waals surface area contributed by atoms with E-state index in [-0.39, 0.29) is 32.7 Å². The van der Waals surface area contributed by atoms with Crippen molar-refractivity contribution in [3.63, 3.8) is 0 Å². The third-order valence-electron chi connectivity index (χ3n) is 1.14. The van der Waals surface area contributed by atoms with Gasteiger partial charge in [-0.1, -0.05) is 5.76 Å². The molecule has 2 aromatic heterocycles. The van der Waals surface area contributed by atoms with Crippen molar-refractivity contribution >= 4 is 11.3 Å². The molecule has 0 unspecified atom stereocenters. The smallest absolute Gasteiger partial charge is 0 e. The van der Waals surface area contributed by atoms with E-state index in [1.54, 1.807) is 23.7 Å². The molecule has 0 fully saturated rings.